The van der Waals surface area contributed by atoms with Gasteiger partial charge in [0.2, 0.25) is 5.91 Å². The number of carbonyl (C=O) groups excluding carboxylic acids is 3. The number of non-ortho nitro benzene ring substituents is 1. The zero-order valence-corrected chi connectivity index (χ0v) is 27.2. The lowest BCUT2D eigenvalue weighted by molar-refractivity contribution is -0.384. The zero-order chi connectivity index (χ0) is 34.6. The van der Waals surface area contributed by atoms with E-state index in [9.17, 15) is 24.5 Å². The highest BCUT2D eigenvalue weighted by molar-refractivity contribution is 8.00. The zero-order valence-electron chi connectivity index (χ0n) is 26.4. The van der Waals surface area contributed by atoms with Gasteiger partial charge in [-0.05, 0) is 96.9 Å². The Labute approximate surface area is 287 Å². The first-order valence-electron chi connectivity index (χ1n) is 15.3. The van der Waals surface area contributed by atoms with E-state index in [0.29, 0.717) is 34.9 Å². The third kappa shape index (κ3) is 9.66. The maximum absolute atomic E-state index is 13.5. The van der Waals surface area contributed by atoms with Gasteiger partial charge in [0.05, 0.1) is 11.5 Å². The summed E-state index contributed by atoms with van der Waals surface area (Å²) in [4.78, 5) is 51.3. The van der Waals surface area contributed by atoms with Crippen LogP contribution in [0.5, 0.6) is 5.75 Å². The first-order valence-corrected chi connectivity index (χ1v) is 16.2. The Morgan fingerprint density at radius 2 is 1.37 bits per heavy atom. The fourth-order valence-corrected chi connectivity index (χ4v) is 5.69. The number of nitrogens with one attached hydrogen (secondary N) is 3. The lowest BCUT2D eigenvalue weighted by atomic mass is 10.1. The van der Waals surface area contributed by atoms with Crippen LogP contribution in [0.1, 0.15) is 33.7 Å². The van der Waals surface area contributed by atoms with Crippen LogP contribution in [0.15, 0.2) is 144 Å². The van der Waals surface area contributed by atoms with Crippen molar-refractivity contribution in [2.24, 2.45) is 0 Å². The molecule has 11 heteroatoms. The number of hydrogen-bond donors (Lipinski definition) is 3. The van der Waals surface area contributed by atoms with Crippen molar-refractivity contribution in [3.05, 3.63) is 166 Å². The highest BCUT2D eigenvalue weighted by Gasteiger charge is 2.23. The van der Waals surface area contributed by atoms with Crippen LogP contribution in [0.3, 0.4) is 0 Å². The van der Waals surface area contributed by atoms with Crippen molar-refractivity contribution in [2.45, 2.75) is 17.1 Å². The molecule has 49 heavy (non-hydrogen) atoms. The van der Waals surface area contributed by atoms with E-state index in [4.69, 9.17) is 4.74 Å². The summed E-state index contributed by atoms with van der Waals surface area (Å²) in [6, 6.07) is 37.7. The summed E-state index contributed by atoms with van der Waals surface area (Å²) >= 11 is 1.36. The molecule has 0 heterocycles. The number of amides is 3. The van der Waals surface area contributed by atoms with Gasteiger partial charge in [0, 0.05) is 34.0 Å². The van der Waals surface area contributed by atoms with Gasteiger partial charge in [-0.3, -0.25) is 24.5 Å². The number of anilines is 2. The van der Waals surface area contributed by atoms with Gasteiger partial charge in [-0.25, -0.2) is 0 Å². The first kappa shape index (κ1) is 34.1. The summed E-state index contributed by atoms with van der Waals surface area (Å²) in [5.41, 5.74) is 2.59. The molecule has 10 nitrogen and oxygen atoms in total. The number of benzene rings is 5. The summed E-state index contributed by atoms with van der Waals surface area (Å²) in [5.74, 6) is -0.576. The number of rotatable bonds is 13. The molecule has 3 N–H and O–H groups in total. The van der Waals surface area contributed by atoms with Gasteiger partial charge in [-0.15, -0.1) is 11.8 Å². The average Bonchev–Trinajstić information content (AvgIpc) is 3.12. The van der Waals surface area contributed by atoms with E-state index in [2.05, 4.69) is 16.0 Å². The van der Waals surface area contributed by atoms with Crippen molar-refractivity contribution in [1.29, 1.82) is 0 Å². The third-order valence-corrected chi connectivity index (χ3v) is 8.35. The molecule has 0 aliphatic rings. The topological polar surface area (TPSA) is 140 Å². The number of carbonyl (C=O) groups is 3. The van der Waals surface area contributed by atoms with E-state index in [1.165, 1.54) is 42.1 Å². The van der Waals surface area contributed by atoms with Gasteiger partial charge in [0.25, 0.3) is 17.5 Å². The second kappa shape index (κ2) is 16.6. The third-order valence-electron chi connectivity index (χ3n) is 7.08. The summed E-state index contributed by atoms with van der Waals surface area (Å²) in [6.45, 7) is 2.45. The Morgan fingerprint density at radius 3 is 1.98 bits per heavy atom. The first-order chi connectivity index (χ1) is 23.8. The molecular formula is C38H32N4O6S. The molecule has 0 bridgehead atoms. The maximum atomic E-state index is 13.5. The minimum Gasteiger partial charge on any atom is -0.494 e. The van der Waals surface area contributed by atoms with Crippen LogP contribution in [0.4, 0.5) is 17.1 Å². The van der Waals surface area contributed by atoms with Crippen molar-refractivity contribution in [2.75, 3.05) is 17.2 Å². The summed E-state index contributed by atoms with van der Waals surface area (Å²) in [5, 5.41) is 19.0. The van der Waals surface area contributed by atoms with Crippen LogP contribution < -0.4 is 20.7 Å². The molecule has 246 valence electrons. The van der Waals surface area contributed by atoms with E-state index in [-0.39, 0.29) is 17.3 Å². The van der Waals surface area contributed by atoms with Crippen molar-refractivity contribution in [1.82, 2.24) is 5.32 Å². The van der Waals surface area contributed by atoms with Gasteiger partial charge >= 0.3 is 0 Å². The minimum absolute atomic E-state index is 0.0590. The fourth-order valence-electron chi connectivity index (χ4n) is 4.66. The molecule has 1 atom stereocenters. The van der Waals surface area contributed by atoms with Crippen LogP contribution in [-0.2, 0) is 9.59 Å². The molecule has 0 aliphatic carbocycles. The largest absolute Gasteiger partial charge is 0.494 e. The summed E-state index contributed by atoms with van der Waals surface area (Å²) in [6.07, 6.45) is 1.44. The van der Waals surface area contributed by atoms with Gasteiger partial charge in [0.15, 0.2) is 0 Å². The molecule has 0 saturated carbocycles. The highest BCUT2D eigenvalue weighted by atomic mass is 32.2. The monoisotopic (exact) mass is 672 g/mol. The molecule has 1 unspecified atom stereocenters. The number of nitrogens with zero attached hydrogens (tertiary/aromatic N) is 1. The SMILES string of the molecule is CCOc1ccc(NC(=O)C(Sc2ccc(NC(=O)/C(=C/c3ccc([N+](=O)[O-])cc3)NC(=O)c3ccccc3)cc2)c2ccccc2)cc1. The highest BCUT2D eigenvalue weighted by Crippen LogP contribution is 2.37. The number of nitro benzene ring substituents is 1. The number of thioether (sulfide) groups is 1. The second-order valence-corrected chi connectivity index (χ2v) is 11.7. The Morgan fingerprint density at radius 1 is 0.776 bits per heavy atom. The molecule has 0 fully saturated rings. The van der Waals surface area contributed by atoms with Crippen molar-refractivity contribution >= 4 is 52.6 Å². The molecule has 5 aromatic rings. The molecule has 0 radical (unpaired) electrons. The normalized spacial score (nSPS) is 11.6. The smallest absolute Gasteiger partial charge is 0.272 e. The summed E-state index contributed by atoms with van der Waals surface area (Å²) in [7, 11) is 0. The quantitative estimate of drug-likeness (QED) is 0.0500. The lowest BCUT2D eigenvalue weighted by Gasteiger charge is -2.18. The Bertz CT molecular complexity index is 1930. The predicted octanol–water partition coefficient (Wildman–Crippen LogP) is 7.88. The Hall–Kier alpha value is -6.20. The predicted molar refractivity (Wildman–Crippen MR) is 191 cm³/mol. The van der Waals surface area contributed by atoms with E-state index in [1.54, 1.807) is 78.9 Å². The Kier molecular flexibility index (Phi) is 11.5. The van der Waals surface area contributed by atoms with E-state index in [0.717, 1.165) is 10.5 Å². The van der Waals surface area contributed by atoms with Gasteiger partial charge in [-0.1, -0.05) is 48.5 Å². The number of ether oxygens (including phenoxy) is 1. The van der Waals surface area contributed by atoms with Crippen LogP contribution in [0.2, 0.25) is 0 Å². The fraction of sp³-hybridized carbons (Fsp3) is 0.0789. The Balaban J connectivity index is 1.32. The molecule has 3 amide bonds. The van der Waals surface area contributed by atoms with E-state index in [1.807, 2.05) is 37.3 Å². The molecule has 5 aromatic carbocycles. The molecule has 5 rings (SSSR count). The van der Waals surface area contributed by atoms with Gasteiger partial charge < -0.3 is 20.7 Å². The number of hydrogen-bond acceptors (Lipinski definition) is 7. The van der Waals surface area contributed by atoms with Crippen LogP contribution in [-0.4, -0.2) is 29.3 Å². The molecule has 0 aliphatic heterocycles. The van der Waals surface area contributed by atoms with Crippen LogP contribution >= 0.6 is 11.8 Å². The second-order valence-electron chi connectivity index (χ2n) is 10.6. The summed E-state index contributed by atoms with van der Waals surface area (Å²) < 4.78 is 5.50. The molecule has 0 spiro atoms. The van der Waals surface area contributed by atoms with E-state index >= 15 is 0 Å². The van der Waals surface area contributed by atoms with Gasteiger partial charge in [0.1, 0.15) is 16.7 Å². The van der Waals surface area contributed by atoms with Crippen molar-refractivity contribution in [3.63, 3.8) is 0 Å². The molecule has 0 saturated heterocycles. The maximum Gasteiger partial charge on any atom is 0.272 e. The average molecular weight is 673 g/mol. The number of nitro groups is 1. The van der Waals surface area contributed by atoms with Crippen molar-refractivity contribution in [3.8, 4) is 5.75 Å². The van der Waals surface area contributed by atoms with Crippen molar-refractivity contribution < 1.29 is 24.0 Å². The van der Waals surface area contributed by atoms with Crippen LogP contribution in [0.25, 0.3) is 6.08 Å². The molecule has 0 aromatic heterocycles. The molecular weight excluding hydrogens is 641 g/mol. The minimum atomic E-state index is -0.597. The standard InChI is InChI=1S/C38H32N4O6S/c1-2-48-32-21-15-29(16-22-32)40-38(45)35(27-9-5-3-6-10-27)49-33-23-17-30(18-24-33)39-37(44)34(41-36(43)28-11-7-4-8-12-28)25-26-13-19-31(20-14-26)42(46)47/h3-25,35H,2H2,1H3,(H,39,44)(H,40,45)(H,41,43)/b34-25-. The van der Waals surface area contributed by atoms with Gasteiger partial charge in [-0.2, -0.15) is 0 Å². The lowest BCUT2D eigenvalue weighted by Crippen LogP contribution is -2.30. The van der Waals surface area contributed by atoms with Crippen LogP contribution in [0, 0.1) is 10.1 Å². The van der Waals surface area contributed by atoms with E-state index < -0.39 is 22.0 Å².